The van der Waals surface area contributed by atoms with E-state index in [9.17, 15) is 0 Å². The van der Waals surface area contributed by atoms with E-state index in [1.165, 1.54) is 0 Å². The van der Waals surface area contributed by atoms with Crippen LogP contribution < -0.4 is 10.6 Å². The van der Waals surface area contributed by atoms with Crippen LogP contribution in [0.25, 0.3) is 0 Å². The molecule has 1 aliphatic heterocycles. The summed E-state index contributed by atoms with van der Waals surface area (Å²) in [7, 11) is 0. The van der Waals surface area contributed by atoms with Gasteiger partial charge < -0.3 is 15.4 Å². The molecule has 0 radical (unpaired) electrons. The van der Waals surface area contributed by atoms with Crippen molar-refractivity contribution in [3.8, 4) is 0 Å². The lowest BCUT2D eigenvalue weighted by Crippen LogP contribution is -2.33. The Hall–Kier alpha value is -0.710. The van der Waals surface area contributed by atoms with E-state index in [-0.39, 0.29) is 5.41 Å². The second kappa shape index (κ2) is 6.83. The highest BCUT2D eigenvalue weighted by Crippen LogP contribution is 2.33. The Morgan fingerprint density at radius 1 is 1.20 bits per heavy atom. The van der Waals surface area contributed by atoms with E-state index in [4.69, 9.17) is 27.9 Å². The minimum Gasteiger partial charge on any atom is -0.381 e. The second-order valence-corrected chi connectivity index (χ2v) is 6.27. The molecule has 0 bridgehead atoms. The van der Waals surface area contributed by atoms with Crippen LogP contribution in [0.15, 0.2) is 6.07 Å². The van der Waals surface area contributed by atoms with Gasteiger partial charge in [-0.25, -0.2) is 4.98 Å². The highest BCUT2D eigenvalue weighted by atomic mass is 35.5. The molecule has 20 heavy (non-hydrogen) atoms. The first kappa shape index (κ1) is 15.7. The van der Waals surface area contributed by atoms with Gasteiger partial charge in [-0.1, -0.05) is 30.1 Å². The first-order chi connectivity index (χ1) is 9.54. The van der Waals surface area contributed by atoms with Crippen molar-refractivity contribution >= 4 is 34.8 Å². The SMILES string of the molecule is CCNc1nc(NCC2(C)CCOCC2)c(Cl)cc1Cl. The third-order valence-corrected chi connectivity index (χ3v) is 4.23. The average Bonchev–Trinajstić information content (AvgIpc) is 2.41. The van der Waals surface area contributed by atoms with Crippen molar-refractivity contribution in [3.63, 3.8) is 0 Å². The second-order valence-electron chi connectivity index (χ2n) is 5.46. The Kier molecular flexibility index (Phi) is 5.35. The van der Waals surface area contributed by atoms with E-state index in [0.717, 1.165) is 39.1 Å². The van der Waals surface area contributed by atoms with Gasteiger partial charge in [0.2, 0.25) is 0 Å². The van der Waals surface area contributed by atoms with Crippen molar-refractivity contribution in [2.24, 2.45) is 5.41 Å². The summed E-state index contributed by atoms with van der Waals surface area (Å²) in [5, 5.41) is 7.57. The largest absolute Gasteiger partial charge is 0.381 e. The van der Waals surface area contributed by atoms with Gasteiger partial charge in [0.25, 0.3) is 0 Å². The molecule has 1 aromatic heterocycles. The average molecular weight is 318 g/mol. The summed E-state index contributed by atoms with van der Waals surface area (Å²) in [5.41, 5.74) is 0.223. The molecule has 0 unspecified atom stereocenters. The number of nitrogens with zero attached hydrogens (tertiary/aromatic N) is 1. The molecule has 4 nitrogen and oxygen atoms in total. The lowest BCUT2D eigenvalue weighted by atomic mass is 9.82. The van der Waals surface area contributed by atoms with E-state index < -0.39 is 0 Å². The molecule has 2 N–H and O–H groups in total. The molecule has 0 atom stereocenters. The van der Waals surface area contributed by atoms with Gasteiger partial charge in [0.05, 0.1) is 10.0 Å². The fourth-order valence-electron chi connectivity index (χ4n) is 2.22. The van der Waals surface area contributed by atoms with Gasteiger partial charge in [0.15, 0.2) is 0 Å². The Labute approximate surface area is 130 Å². The zero-order valence-corrected chi connectivity index (χ0v) is 13.4. The minimum absolute atomic E-state index is 0.223. The Morgan fingerprint density at radius 3 is 2.40 bits per heavy atom. The minimum atomic E-state index is 0.223. The number of hydrogen-bond acceptors (Lipinski definition) is 4. The number of hydrogen-bond donors (Lipinski definition) is 2. The monoisotopic (exact) mass is 317 g/mol. The molecule has 0 amide bonds. The fraction of sp³-hybridized carbons (Fsp3) is 0.643. The van der Waals surface area contributed by atoms with Crippen molar-refractivity contribution in [2.75, 3.05) is 36.9 Å². The molecule has 0 spiro atoms. The summed E-state index contributed by atoms with van der Waals surface area (Å²) < 4.78 is 5.41. The summed E-state index contributed by atoms with van der Waals surface area (Å²) in [4.78, 5) is 4.46. The van der Waals surface area contributed by atoms with Crippen LogP contribution in [-0.2, 0) is 4.74 Å². The maximum atomic E-state index is 6.20. The highest BCUT2D eigenvalue weighted by Gasteiger charge is 2.27. The number of anilines is 2. The Morgan fingerprint density at radius 2 is 1.80 bits per heavy atom. The molecule has 1 saturated heterocycles. The van der Waals surface area contributed by atoms with Gasteiger partial charge in [-0.15, -0.1) is 0 Å². The van der Waals surface area contributed by atoms with Crippen LogP contribution in [0, 0.1) is 5.41 Å². The predicted molar refractivity (Wildman–Crippen MR) is 85.1 cm³/mol. The molecular weight excluding hydrogens is 297 g/mol. The highest BCUT2D eigenvalue weighted by molar-refractivity contribution is 6.37. The van der Waals surface area contributed by atoms with Crippen LogP contribution in [-0.4, -0.2) is 31.3 Å². The lowest BCUT2D eigenvalue weighted by molar-refractivity contribution is 0.0300. The molecule has 0 saturated carbocycles. The number of ether oxygens (including phenoxy) is 1. The first-order valence-corrected chi connectivity index (χ1v) is 7.71. The molecule has 2 heterocycles. The fourth-order valence-corrected chi connectivity index (χ4v) is 2.71. The Bertz CT molecular complexity index is 462. The van der Waals surface area contributed by atoms with E-state index in [0.29, 0.717) is 21.7 Å². The number of aromatic nitrogens is 1. The molecule has 0 aliphatic carbocycles. The zero-order valence-electron chi connectivity index (χ0n) is 11.9. The van der Waals surface area contributed by atoms with Crippen molar-refractivity contribution in [2.45, 2.75) is 26.7 Å². The molecular formula is C14H21Cl2N3O. The quantitative estimate of drug-likeness (QED) is 0.860. The van der Waals surface area contributed by atoms with Crippen LogP contribution >= 0.6 is 23.2 Å². The van der Waals surface area contributed by atoms with Crippen molar-refractivity contribution < 1.29 is 4.74 Å². The predicted octanol–water partition coefficient (Wildman–Crippen LogP) is 4.05. The standard InChI is InChI=1S/C14H21Cl2N3O/c1-3-17-12-10(15)8-11(16)13(19-12)18-9-14(2)4-6-20-7-5-14/h8H,3-7,9H2,1-2H3,(H2,17,18,19). The van der Waals surface area contributed by atoms with Gasteiger partial charge in [-0.05, 0) is 31.2 Å². The zero-order chi connectivity index (χ0) is 14.6. The van der Waals surface area contributed by atoms with Gasteiger partial charge >= 0.3 is 0 Å². The van der Waals surface area contributed by atoms with Gasteiger partial charge in [-0.3, -0.25) is 0 Å². The molecule has 1 aliphatic rings. The van der Waals surface area contributed by atoms with Crippen LogP contribution in [0.4, 0.5) is 11.6 Å². The van der Waals surface area contributed by atoms with E-state index in [1.807, 2.05) is 6.92 Å². The van der Waals surface area contributed by atoms with E-state index in [2.05, 4.69) is 22.5 Å². The number of halogens is 2. The molecule has 2 rings (SSSR count). The number of rotatable bonds is 5. The van der Waals surface area contributed by atoms with E-state index >= 15 is 0 Å². The van der Waals surface area contributed by atoms with Crippen LogP contribution in [0.1, 0.15) is 26.7 Å². The topological polar surface area (TPSA) is 46.2 Å². The van der Waals surface area contributed by atoms with Crippen LogP contribution in [0.3, 0.4) is 0 Å². The number of pyridine rings is 1. The van der Waals surface area contributed by atoms with Gasteiger partial charge in [0, 0.05) is 26.3 Å². The van der Waals surface area contributed by atoms with Crippen molar-refractivity contribution in [3.05, 3.63) is 16.1 Å². The summed E-state index contributed by atoms with van der Waals surface area (Å²) >= 11 is 12.3. The summed E-state index contributed by atoms with van der Waals surface area (Å²) in [6.45, 7) is 7.50. The molecule has 1 fully saturated rings. The molecule has 0 aromatic carbocycles. The summed E-state index contributed by atoms with van der Waals surface area (Å²) in [6, 6.07) is 1.72. The Balaban J connectivity index is 2.06. The normalized spacial score (nSPS) is 17.8. The molecule has 112 valence electrons. The third-order valence-electron chi connectivity index (χ3n) is 3.66. The first-order valence-electron chi connectivity index (χ1n) is 6.95. The van der Waals surface area contributed by atoms with E-state index in [1.54, 1.807) is 6.07 Å². The smallest absolute Gasteiger partial charge is 0.147 e. The molecule has 6 heteroatoms. The van der Waals surface area contributed by atoms with Crippen LogP contribution in [0.5, 0.6) is 0 Å². The van der Waals surface area contributed by atoms with Crippen LogP contribution in [0.2, 0.25) is 10.0 Å². The summed E-state index contributed by atoms with van der Waals surface area (Å²) in [6.07, 6.45) is 2.09. The third kappa shape index (κ3) is 3.90. The van der Waals surface area contributed by atoms with Gasteiger partial charge in [-0.2, -0.15) is 0 Å². The van der Waals surface area contributed by atoms with Crippen molar-refractivity contribution in [1.82, 2.24) is 4.98 Å². The maximum Gasteiger partial charge on any atom is 0.147 e. The maximum absolute atomic E-state index is 6.20. The summed E-state index contributed by atoms with van der Waals surface area (Å²) in [5.74, 6) is 1.35. The van der Waals surface area contributed by atoms with Gasteiger partial charge in [0.1, 0.15) is 11.6 Å². The molecule has 1 aromatic rings. The number of nitrogens with one attached hydrogen (secondary N) is 2. The lowest BCUT2D eigenvalue weighted by Gasteiger charge is -2.33. The van der Waals surface area contributed by atoms with Crippen molar-refractivity contribution in [1.29, 1.82) is 0 Å².